The van der Waals surface area contributed by atoms with Crippen LogP contribution < -0.4 is 5.32 Å². The molecule has 28 heavy (non-hydrogen) atoms. The molecule has 0 aliphatic carbocycles. The molecule has 2 aliphatic rings. The molecular weight excluding hydrogens is 473 g/mol. The number of aliphatic imine (C=N–C) groups is 1. The maximum absolute atomic E-state index is 12.1. The van der Waals surface area contributed by atoms with Gasteiger partial charge in [0.15, 0.2) is 5.96 Å². The first kappa shape index (κ1) is 25.2. The monoisotopic (exact) mass is 511 g/mol. The first-order chi connectivity index (χ1) is 12.8. The highest BCUT2D eigenvalue weighted by molar-refractivity contribution is 14.0. The zero-order valence-corrected chi connectivity index (χ0v) is 20.1. The summed E-state index contributed by atoms with van der Waals surface area (Å²) in [6.45, 7) is 15.0. The van der Waals surface area contributed by atoms with E-state index in [1.807, 2.05) is 20.8 Å². The highest BCUT2D eigenvalue weighted by Crippen LogP contribution is 2.12. The van der Waals surface area contributed by atoms with Crippen LogP contribution in [0.15, 0.2) is 4.99 Å². The van der Waals surface area contributed by atoms with Crippen molar-refractivity contribution in [2.75, 3.05) is 58.9 Å². The smallest absolute Gasteiger partial charge is 0.410 e. The molecule has 1 amide bonds. The lowest BCUT2D eigenvalue weighted by atomic mass is 10.2. The van der Waals surface area contributed by atoms with Gasteiger partial charge in [0.1, 0.15) is 5.60 Å². The molecule has 8 nitrogen and oxygen atoms in total. The van der Waals surface area contributed by atoms with Gasteiger partial charge in [-0.1, -0.05) is 0 Å². The SMILES string of the molecule is CCNC(=NCCCN1CCN(C(=O)OC(C)(C)C)CC1)N1CC[C@@H](O)C1.I. The molecule has 0 unspecified atom stereocenters. The number of amides is 1. The summed E-state index contributed by atoms with van der Waals surface area (Å²) in [4.78, 5) is 23.1. The summed E-state index contributed by atoms with van der Waals surface area (Å²) in [6.07, 6.45) is 1.34. The number of β-amino-alcohol motifs (C(OH)–C–C–N with tert-alkyl or cyclic N) is 1. The fourth-order valence-electron chi connectivity index (χ4n) is 3.32. The molecule has 2 heterocycles. The van der Waals surface area contributed by atoms with E-state index in [1.165, 1.54) is 0 Å². The second-order valence-corrected chi connectivity index (χ2v) is 8.29. The Labute approximate surface area is 186 Å². The number of guanidine groups is 1. The van der Waals surface area contributed by atoms with E-state index in [9.17, 15) is 9.90 Å². The molecule has 0 spiro atoms. The van der Waals surface area contributed by atoms with Crippen LogP contribution in [0.1, 0.15) is 40.5 Å². The number of nitrogens with zero attached hydrogens (tertiary/aromatic N) is 4. The Morgan fingerprint density at radius 2 is 1.86 bits per heavy atom. The van der Waals surface area contributed by atoms with Crippen molar-refractivity contribution in [1.82, 2.24) is 20.0 Å². The molecule has 9 heteroatoms. The number of ether oxygens (including phenoxy) is 1. The number of nitrogens with one attached hydrogen (secondary N) is 1. The third kappa shape index (κ3) is 8.69. The Kier molecular flexibility index (Phi) is 10.8. The van der Waals surface area contributed by atoms with Crippen LogP contribution >= 0.6 is 24.0 Å². The number of carbonyl (C=O) groups excluding carboxylic acids is 1. The molecule has 2 N–H and O–H groups in total. The quantitative estimate of drug-likeness (QED) is 0.253. The lowest BCUT2D eigenvalue weighted by Crippen LogP contribution is -2.50. The van der Waals surface area contributed by atoms with E-state index < -0.39 is 5.60 Å². The van der Waals surface area contributed by atoms with Crippen molar-refractivity contribution in [3.05, 3.63) is 0 Å². The van der Waals surface area contributed by atoms with Gasteiger partial charge in [0, 0.05) is 58.9 Å². The number of carbonyl (C=O) groups is 1. The van der Waals surface area contributed by atoms with Crippen molar-refractivity contribution in [2.24, 2.45) is 4.99 Å². The molecule has 2 rings (SSSR count). The first-order valence-corrected chi connectivity index (χ1v) is 10.2. The van der Waals surface area contributed by atoms with Gasteiger partial charge in [-0.3, -0.25) is 9.89 Å². The molecule has 0 aromatic carbocycles. The van der Waals surface area contributed by atoms with Crippen LogP contribution in [0, 0.1) is 0 Å². The third-order valence-corrected chi connectivity index (χ3v) is 4.72. The molecule has 0 radical (unpaired) electrons. The fourth-order valence-corrected chi connectivity index (χ4v) is 3.32. The molecule has 0 aromatic rings. The van der Waals surface area contributed by atoms with Crippen molar-refractivity contribution in [1.29, 1.82) is 0 Å². The largest absolute Gasteiger partial charge is 0.444 e. The Bertz CT molecular complexity index is 504. The summed E-state index contributed by atoms with van der Waals surface area (Å²) in [5, 5.41) is 13.0. The molecule has 164 valence electrons. The van der Waals surface area contributed by atoms with Gasteiger partial charge in [-0.2, -0.15) is 0 Å². The summed E-state index contributed by atoms with van der Waals surface area (Å²) in [6, 6.07) is 0. The summed E-state index contributed by atoms with van der Waals surface area (Å²) >= 11 is 0. The molecule has 0 bridgehead atoms. The predicted octanol–water partition coefficient (Wildman–Crippen LogP) is 1.58. The second-order valence-electron chi connectivity index (χ2n) is 8.29. The van der Waals surface area contributed by atoms with Crippen molar-refractivity contribution >= 4 is 36.0 Å². The van der Waals surface area contributed by atoms with Crippen LogP contribution in [0.25, 0.3) is 0 Å². The highest BCUT2D eigenvalue weighted by atomic mass is 127. The molecule has 0 saturated carbocycles. The lowest BCUT2D eigenvalue weighted by molar-refractivity contribution is 0.0145. The maximum Gasteiger partial charge on any atom is 0.410 e. The summed E-state index contributed by atoms with van der Waals surface area (Å²) in [5.41, 5.74) is -0.443. The number of halogens is 1. The van der Waals surface area contributed by atoms with E-state index >= 15 is 0 Å². The summed E-state index contributed by atoms with van der Waals surface area (Å²) < 4.78 is 5.44. The average molecular weight is 511 g/mol. The molecule has 1 atom stereocenters. The fraction of sp³-hybridized carbons (Fsp3) is 0.895. The second kappa shape index (κ2) is 12.0. The number of rotatable bonds is 5. The first-order valence-electron chi connectivity index (χ1n) is 10.2. The molecule has 2 fully saturated rings. The Balaban J connectivity index is 0.00000392. The van der Waals surface area contributed by atoms with Gasteiger partial charge in [-0.25, -0.2) is 4.79 Å². The van der Waals surface area contributed by atoms with Crippen LogP contribution in [0.3, 0.4) is 0 Å². The van der Waals surface area contributed by atoms with Gasteiger partial charge < -0.3 is 25.0 Å². The van der Waals surface area contributed by atoms with Crippen molar-refractivity contribution in [3.63, 3.8) is 0 Å². The Hall–Kier alpha value is -0.810. The van der Waals surface area contributed by atoms with E-state index in [-0.39, 0.29) is 36.2 Å². The topological polar surface area (TPSA) is 80.6 Å². The minimum atomic E-state index is -0.443. The zero-order chi connectivity index (χ0) is 19.9. The van der Waals surface area contributed by atoms with Gasteiger partial charge in [-0.15, -0.1) is 24.0 Å². The van der Waals surface area contributed by atoms with Gasteiger partial charge in [0.05, 0.1) is 6.10 Å². The maximum atomic E-state index is 12.1. The van der Waals surface area contributed by atoms with Crippen molar-refractivity contribution in [2.45, 2.75) is 52.2 Å². The van der Waals surface area contributed by atoms with Crippen LogP contribution in [-0.4, -0.2) is 102 Å². The van der Waals surface area contributed by atoms with Gasteiger partial charge in [-0.05, 0) is 40.5 Å². The van der Waals surface area contributed by atoms with Crippen LogP contribution in [0.5, 0.6) is 0 Å². The highest BCUT2D eigenvalue weighted by Gasteiger charge is 2.26. The predicted molar refractivity (Wildman–Crippen MR) is 122 cm³/mol. The van der Waals surface area contributed by atoms with Crippen LogP contribution in [0.2, 0.25) is 0 Å². The minimum absolute atomic E-state index is 0. The third-order valence-electron chi connectivity index (χ3n) is 4.72. The number of piperazine rings is 1. The van der Waals surface area contributed by atoms with Crippen molar-refractivity contribution < 1.29 is 14.6 Å². The Morgan fingerprint density at radius 3 is 2.39 bits per heavy atom. The van der Waals surface area contributed by atoms with Crippen LogP contribution in [-0.2, 0) is 4.74 Å². The lowest BCUT2D eigenvalue weighted by Gasteiger charge is -2.35. The Morgan fingerprint density at radius 1 is 1.18 bits per heavy atom. The van der Waals surface area contributed by atoms with E-state index in [2.05, 4.69) is 22.0 Å². The number of aliphatic hydroxyl groups excluding tert-OH is 1. The minimum Gasteiger partial charge on any atom is -0.444 e. The number of hydrogen-bond donors (Lipinski definition) is 2. The van der Waals surface area contributed by atoms with Crippen molar-refractivity contribution in [3.8, 4) is 0 Å². The van der Waals surface area contributed by atoms with E-state index in [1.54, 1.807) is 4.90 Å². The zero-order valence-electron chi connectivity index (χ0n) is 17.8. The molecule has 2 aliphatic heterocycles. The summed E-state index contributed by atoms with van der Waals surface area (Å²) in [7, 11) is 0. The number of likely N-dealkylation sites (tertiary alicyclic amines) is 1. The van der Waals surface area contributed by atoms with E-state index in [0.29, 0.717) is 19.6 Å². The van der Waals surface area contributed by atoms with E-state index in [0.717, 1.165) is 58.1 Å². The molecule has 2 saturated heterocycles. The number of aliphatic hydroxyl groups is 1. The van der Waals surface area contributed by atoms with Gasteiger partial charge in [0.25, 0.3) is 0 Å². The normalized spacial score (nSPS) is 21.5. The van der Waals surface area contributed by atoms with E-state index in [4.69, 9.17) is 9.73 Å². The number of hydrogen-bond acceptors (Lipinski definition) is 5. The standard InChI is InChI=1S/C19H37N5O3.HI/c1-5-20-17(24-10-7-16(25)15-24)21-8-6-9-22-11-13-23(14-12-22)18(26)27-19(2,3)4;/h16,25H,5-15H2,1-4H3,(H,20,21);1H/t16-;/m1./s1. The molecule has 0 aromatic heterocycles. The van der Waals surface area contributed by atoms with Crippen LogP contribution in [0.4, 0.5) is 4.79 Å². The van der Waals surface area contributed by atoms with Gasteiger partial charge >= 0.3 is 6.09 Å². The molecular formula is C19H38IN5O3. The summed E-state index contributed by atoms with van der Waals surface area (Å²) in [5.74, 6) is 0.906. The average Bonchev–Trinajstić information content (AvgIpc) is 3.03. The van der Waals surface area contributed by atoms with Gasteiger partial charge in [0.2, 0.25) is 0 Å².